The van der Waals surface area contributed by atoms with Crippen LogP contribution in [-0.2, 0) is 13.0 Å². The van der Waals surface area contributed by atoms with Crippen LogP contribution in [0.4, 0.5) is 5.13 Å². The van der Waals surface area contributed by atoms with E-state index in [0.717, 1.165) is 37.9 Å². The minimum atomic E-state index is 0.744. The zero-order valence-electron chi connectivity index (χ0n) is 14.7. The monoisotopic (exact) mass is 311 g/mol. The van der Waals surface area contributed by atoms with Crippen molar-refractivity contribution < 1.29 is 0 Å². The number of aromatic nitrogens is 1. The first-order valence-corrected chi connectivity index (χ1v) is 9.17. The molecule has 0 aliphatic carbocycles. The first kappa shape index (κ1) is 18.4. The fraction of sp³-hybridized carbons (Fsp3) is 0.824. The smallest absolute Gasteiger partial charge is 0.185 e. The number of anilines is 1. The van der Waals surface area contributed by atoms with E-state index in [4.69, 9.17) is 4.98 Å². The van der Waals surface area contributed by atoms with Gasteiger partial charge in [-0.15, -0.1) is 11.3 Å². The normalized spacial score (nSPS) is 11.6. The van der Waals surface area contributed by atoms with E-state index < -0.39 is 0 Å². The van der Waals surface area contributed by atoms with Crippen molar-refractivity contribution in [2.75, 3.05) is 25.0 Å². The minimum absolute atomic E-state index is 0.744. The lowest BCUT2D eigenvalue weighted by atomic mass is 10.1. The number of nitrogens with zero attached hydrogens (tertiary/aromatic N) is 2. The van der Waals surface area contributed by atoms with Crippen molar-refractivity contribution in [2.45, 2.75) is 60.4 Å². The van der Waals surface area contributed by atoms with Gasteiger partial charge >= 0.3 is 0 Å². The summed E-state index contributed by atoms with van der Waals surface area (Å²) in [4.78, 5) is 8.81. The number of nitrogens with one attached hydrogen (secondary N) is 1. The molecule has 1 rings (SSSR count). The van der Waals surface area contributed by atoms with Gasteiger partial charge in [0.1, 0.15) is 0 Å². The van der Waals surface area contributed by atoms with Crippen LogP contribution < -0.4 is 10.2 Å². The van der Waals surface area contributed by atoms with Crippen LogP contribution in [0.5, 0.6) is 0 Å². The molecule has 3 nitrogen and oxygen atoms in total. The Bertz CT molecular complexity index is 387. The molecule has 0 saturated heterocycles. The molecule has 0 fully saturated rings. The van der Waals surface area contributed by atoms with Crippen LogP contribution in [-0.4, -0.2) is 25.1 Å². The summed E-state index contributed by atoms with van der Waals surface area (Å²) < 4.78 is 0. The first-order chi connectivity index (χ1) is 9.97. The fourth-order valence-electron chi connectivity index (χ4n) is 2.21. The van der Waals surface area contributed by atoms with Gasteiger partial charge in [0.2, 0.25) is 0 Å². The van der Waals surface area contributed by atoms with Crippen molar-refractivity contribution in [3.05, 3.63) is 10.6 Å². The number of aryl methyl sites for hydroxylation is 1. The lowest BCUT2D eigenvalue weighted by Crippen LogP contribution is -2.27. The highest BCUT2D eigenvalue weighted by atomic mass is 32.1. The Morgan fingerprint density at radius 1 is 1.10 bits per heavy atom. The second kappa shape index (κ2) is 9.42. The summed E-state index contributed by atoms with van der Waals surface area (Å²) in [5.41, 5.74) is 1.27. The largest absolute Gasteiger partial charge is 0.348 e. The molecule has 1 aromatic rings. The topological polar surface area (TPSA) is 28.2 Å². The van der Waals surface area contributed by atoms with Crippen LogP contribution in [0.1, 0.15) is 58.0 Å². The second-order valence-electron chi connectivity index (χ2n) is 6.60. The van der Waals surface area contributed by atoms with E-state index >= 15 is 0 Å². The minimum Gasteiger partial charge on any atom is -0.348 e. The Labute approximate surface area is 135 Å². The molecule has 0 aromatic carbocycles. The van der Waals surface area contributed by atoms with Crippen molar-refractivity contribution in [2.24, 2.45) is 11.8 Å². The molecule has 0 spiro atoms. The van der Waals surface area contributed by atoms with Crippen molar-refractivity contribution in [1.82, 2.24) is 10.3 Å². The molecule has 0 radical (unpaired) electrons. The van der Waals surface area contributed by atoms with Gasteiger partial charge in [-0.25, -0.2) is 4.98 Å². The van der Waals surface area contributed by atoms with Crippen molar-refractivity contribution in [1.29, 1.82) is 0 Å². The number of thiazole rings is 1. The molecular formula is C17H33N3S. The van der Waals surface area contributed by atoms with Crippen molar-refractivity contribution >= 4 is 16.5 Å². The summed E-state index contributed by atoms with van der Waals surface area (Å²) in [6.07, 6.45) is 3.50. The average molecular weight is 312 g/mol. The van der Waals surface area contributed by atoms with Crippen LogP contribution in [0, 0.1) is 11.8 Å². The van der Waals surface area contributed by atoms with E-state index in [-0.39, 0.29) is 0 Å². The third-order valence-corrected chi connectivity index (χ3v) is 4.82. The van der Waals surface area contributed by atoms with Crippen LogP contribution in [0.3, 0.4) is 0 Å². The molecule has 0 unspecified atom stereocenters. The summed E-state index contributed by atoms with van der Waals surface area (Å²) in [5, 5.41) is 4.48. The average Bonchev–Trinajstić information content (AvgIpc) is 2.81. The Morgan fingerprint density at radius 3 is 2.10 bits per heavy atom. The molecule has 21 heavy (non-hydrogen) atoms. The maximum Gasteiger partial charge on any atom is 0.185 e. The lowest BCUT2D eigenvalue weighted by Gasteiger charge is -2.23. The number of rotatable bonds is 10. The molecule has 1 N–H and O–H groups in total. The van der Waals surface area contributed by atoms with Crippen LogP contribution in [0.15, 0.2) is 0 Å². The summed E-state index contributed by atoms with van der Waals surface area (Å²) in [6, 6.07) is 0. The quantitative estimate of drug-likeness (QED) is 0.697. The van der Waals surface area contributed by atoms with Gasteiger partial charge in [0.25, 0.3) is 0 Å². The molecular weight excluding hydrogens is 278 g/mol. The highest BCUT2D eigenvalue weighted by Crippen LogP contribution is 2.28. The molecule has 1 aromatic heterocycles. The van der Waals surface area contributed by atoms with Crippen molar-refractivity contribution in [3.63, 3.8) is 0 Å². The van der Waals surface area contributed by atoms with Gasteiger partial charge < -0.3 is 10.2 Å². The Balaban J connectivity index is 2.84. The van der Waals surface area contributed by atoms with Crippen LogP contribution in [0.2, 0.25) is 0 Å². The third-order valence-electron chi connectivity index (χ3n) is 3.66. The van der Waals surface area contributed by atoms with Gasteiger partial charge in [0.15, 0.2) is 5.13 Å². The number of hydrogen-bond acceptors (Lipinski definition) is 4. The van der Waals surface area contributed by atoms with Gasteiger partial charge in [-0.2, -0.15) is 0 Å². The number of hydrogen-bond donors (Lipinski definition) is 1. The molecule has 0 atom stereocenters. The molecule has 1 heterocycles. The molecule has 4 heteroatoms. The zero-order chi connectivity index (χ0) is 15.8. The van der Waals surface area contributed by atoms with Crippen LogP contribution in [0.25, 0.3) is 0 Å². The maximum atomic E-state index is 4.91. The Morgan fingerprint density at radius 2 is 1.67 bits per heavy atom. The molecule has 122 valence electrons. The van der Waals surface area contributed by atoms with E-state index in [0.29, 0.717) is 0 Å². The van der Waals surface area contributed by atoms with Gasteiger partial charge in [-0.3, -0.25) is 0 Å². The maximum absolute atomic E-state index is 4.91. The van der Waals surface area contributed by atoms with Gasteiger partial charge in [0, 0.05) is 24.5 Å². The SMILES string of the molecule is CCc1nc(N(CCC(C)C)CCC(C)C)sc1CNC. The van der Waals surface area contributed by atoms with E-state index in [2.05, 4.69) is 44.8 Å². The summed E-state index contributed by atoms with van der Waals surface area (Å²) >= 11 is 1.87. The van der Waals surface area contributed by atoms with Gasteiger partial charge in [-0.05, 0) is 38.1 Å². The highest BCUT2D eigenvalue weighted by molar-refractivity contribution is 7.15. The molecule has 0 bridgehead atoms. The van der Waals surface area contributed by atoms with Crippen LogP contribution >= 0.6 is 11.3 Å². The van der Waals surface area contributed by atoms with Gasteiger partial charge in [0.05, 0.1) is 5.69 Å². The summed E-state index contributed by atoms with van der Waals surface area (Å²) in [5.74, 6) is 1.49. The predicted octanol–water partition coefficient (Wildman–Crippen LogP) is 4.32. The first-order valence-electron chi connectivity index (χ1n) is 8.36. The molecule has 0 amide bonds. The van der Waals surface area contributed by atoms with Crippen molar-refractivity contribution in [3.8, 4) is 0 Å². The summed E-state index contributed by atoms with van der Waals surface area (Å²) in [6.45, 7) is 14.6. The van der Waals surface area contributed by atoms with E-state index in [1.807, 2.05) is 18.4 Å². The third kappa shape index (κ3) is 6.35. The molecule has 0 aliphatic rings. The molecule has 0 saturated carbocycles. The highest BCUT2D eigenvalue weighted by Gasteiger charge is 2.16. The predicted molar refractivity (Wildman–Crippen MR) is 95.4 cm³/mol. The Hall–Kier alpha value is -0.610. The summed E-state index contributed by atoms with van der Waals surface area (Å²) in [7, 11) is 2.01. The standard InChI is InChI=1S/C17H33N3S/c1-7-15-16(12-18-6)21-17(19-15)20(10-8-13(2)3)11-9-14(4)5/h13-14,18H,7-12H2,1-6H3. The zero-order valence-corrected chi connectivity index (χ0v) is 15.5. The lowest BCUT2D eigenvalue weighted by molar-refractivity contribution is 0.534. The molecule has 0 aliphatic heterocycles. The fourth-order valence-corrected chi connectivity index (χ4v) is 3.42. The van der Waals surface area contributed by atoms with E-state index in [1.165, 1.54) is 28.5 Å². The Kier molecular flexibility index (Phi) is 8.27. The second-order valence-corrected chi connectivity index (χ2v) is 7.66. The van der Waals surface area contributed by atoms with Gasteiger partial charge in [-0.1, -0.05) is 34.6 Å². The van der Waals surface area contributed by atoms with E-state index in [1.54, 1.807) is 0 Å². The van der Waals surface area contributed by atoms with E-state index in [9.17, 15) is 0 Å².